The van der Waals surface area contributed by atoms with Crippen LogP contribution in [0.15, 0.2) is 30.3 Å². The van der Waals surface area contributed by atoms with E-state index in [-0.39, 0.29) is 0 Å². The molecule has 0 spiro atoms. The summed E-state index contributed by atoms with van der Waals surface area (Å²) >= 11 is 0. The number of sulfonamides is 1. The highest BCUT2D eigenvalue weighted by Crippen LogP contribution is 2.12. The summed E-state index contributed by atoms with van der Waals surface area (Å²) in [5, 5.41) is 9.60. The minimum Gasteiger partial charge on any atom is -0.422 e. The number of hydrogen-bond donors (Lipinski definition) is 2. The Labute approximate surface area is 102 Å². The molecule has 0 amide bonds. The number of rotatable bonds is 4. The maximum Gasteiger partial charge on any atom is 0.509 e. The van der Waals surface area contributed by atoms with Gasteiger partial charge in [0.15, 0.2) is 0 Å². The molecule has 0 atom stereocenters. The van der Waals surface area contributed by atoms with E-state index in [1.165, 1.54) is 20.8 Å². The van der Waals surface area contributed by atoms with Crippen LogP contribution in [-0.2, 0) is 14.8 Å². The summed E-state index contributed by atoms with van der Waals surface area (Å²) in [6, 6.07) is 8.50. The van der Waals surface area contributed by atoms with Gasteiger partial charge in [0, 0.05) is 0 Å². The molecule has 1 aromatic rings. The zero-order chi connectivity index (χ0) is 13.1. The summed E-state index contributed by atoms with van der Waals surface area (Å²) in [7, 11) is -4.96. The second kappa shape index (κ2) is 5.18. The summed E-state index contributed by atoms with van der Waals surface area (Å²) in [6.45, 7) is 4.61. The molecule has 0 aromatic heterocycles. The van der Waals surface area contributed by atoms with Gasteiger partial charge in [-0.1, -0.05) is 30.3 Å². The predicted molar refractivity (Wildman–Crippen MR) is 66.9 cm³/mol. The fraction of sp³-hybridized carbons (Fsp3) is 0.400. The van der Waals surface area contributed by atoms with Crippen LogP contribution in [0.1, 0.15) is 20.8 Å². The zero-order valence-corrected chi connectivity index (χ0v) is 10.9. The van der Waals surface area contributed by atoms with Gasteiger partial charge in [-0.05, 0) is 26.2 Å². The van der Waals surface area contributed by atoms with Crippen molar-refractivity contribution in [3.05, 3.63) is 30.3 Å². The molecular formula is C10H16BNO4S. The van der Waals surface area contributed by atoms with Gasteiger partial charge < -0.3 is 9.78 Å². The highest BCUT2D eigenvalue weighted by Gasteiger charge is 2.31. The smallest absolute Gasteiger partial charge is 0.422 e. The van der Waals surface area contributed by atoms with Crippen molar-refractivity contribution >= 4 is 22.6 Å². The first-order chi connectivity index (χ1) is 7.74. The molecule has 0 radical (unpaired) electrons. The lowest BCUT2D eigenvalue weighted by Gasteiger charge is -2.20. The third-order valence-electron chi connectivity index (χ3n) is 2.16. The second-order valence-electron chi connectivity index (χ2n) is 4.58. The van der Waals surface area contributed by atoms with E-state index in [4.69, 9.17) is 4.76 Å². The molecule has 5 nitrogen and oxygen atoms in total. The first-order valence-electron chi connectivity index (χ1n) is 5.14. The standard InChI is InChI=1S/C10H16BNO4S/c1-10(2,3)17(14,15)12-16-11(13)9-7-5-4-6-8-9/h4-8,12-13H,1-3H3. The normalized spacial score (nSPS) is 12.5. The van der Waals surface area contributed by atoms with E-state index in [1.54, 1.807) is 30.3 Å². The Morgan fingerprint density at radius 2 is 1.76 bits per heavy atom. The lowest BCUT2D eigenvalue weighted by Crippen LogP contribution is -2.46. The van der Waals surface area contributed by atoms with E-state index in [1.807, 2.05) is 4.89 Å². The van der Waals surface area contributed by atoms with Crippen LogP contribution in [0.5, 0.6) is 0 Å². The fourth-order valence-electron chi connectivity index (χ4n) is 0.920. The Bertz CT molecular complexity index is 455. The molecule has 17 heavy (non-hydrogen) atoms. The maximum atomic E-state index is 11.6. The van der Waals surface area contributed by atoms with Crippen molar-refractivity contribution in [1.82, 2.24) is 4.89 Å². The van der Waals surface area contributed by atoms with Crippen LogP contribution in [0, 0.1) is 0 Å². The van der Waals surface area contributed by atoms with Crippen LogP contribution in [-0.4, -0.2) is 25.3 Å². The topological polar surface area (TPSA) is 75.6 Å². The Morgan fingerprint density at radius 1 is 1.24 bits per heavy atom. The van der Waals surface area contributed by atoms with Crippen LogP contribution in [0.25, 0.3) is 0 Å². The maximum absolute atomic E-state index is 11.6. The van der Waals surface area contributed by atoms with E-state index in [0.29, 0.717) is 5.46 Å². The van der Waals surface area contributed by atoms with Crippen molar-refractivity contribution in [3.8, 4) is 0 Å². The Morgan fingerprint density at radius 3 is 2.24 bits per heavy atom. The van der Waals surface area contributed by atoms with Gasteiger partial charge in [0.1, 0.15) is 0 Å². The highest BCUT2D eigenvalue weighted by molar-refractivity contribution is 7.90. The molecule has 2 N–H and O–H groups in total. The molecule has 0 saturated carbocycles. The molecule has 0 aliphatic rings. The van der Waals surface area contributed by atoms with Crippen molar-refractivity contribution in [2.45, 2.75) is 25.5 Å². The monoisotopic (exact) mass is 257 g/mol. The lowest BCUT2D eigenvalue weighted by molar-refractivity contribution is 0.225. The molecule has 0 saturated heterocycles. The van der Waals surface area contributed by atoms with Crippen LogP contribution in [0.3, 0.4) is 0 Å². The molecule has 7 heteroatoms. The molecule has 1 aromatic carbocycles. The zero-order valence-electron chi connectivity index (χ0n) is 10.0. The minimum absolute atomic E-state index is 0.476. The third-order valence-corrected chi connectivity index (χ3v) is 4.09. The number of benzene rings is 1. The summed E-state index contributed by atoms with van der Waals surface area (Å²) < 4.78 is 27.0. The summed E-state index contributed by atoms with van der Waals surface area (Å²) in [5.41, 5.74) is 0.476. The molecule has 0 unspecified atom stereocenters. The van der Waals surface area contributed by atoms with E-state index >= 15 is 0 Å². The first-order valence-corrected chi connectivity index (χ1v) is 6.62. The lowest BCUT2D eigenvalue weighted by atomic mass is 9.80. The molecule has 94 valence electrons. The van der Waals surface area contributed by atoms with E-state index in [0.717, 1.165) is 0 Å². The van der Waals surface area contributed by atoms with Crippen molar-refractivity contribution in [1.29, 1.82) is 0 Å². The molecule has 0 aliphatic heterocycles. The highest BCUT2D eigenvalue weighted by atomic mass is 32.2. The molecule has 0 aliphatic carbocycles. The Balaban J connectivity index is 2.64. The van der Waals surface area contributed by atoms with Crippen molar-refractivity contribution in [2.24, 2.45) is 0 Å². The van der Waals surface area contributed by atoms with E-state index in [9.17, 15) is 13.4 Å². The average Bonchev–Trinajstić information content (AvgIpc) is 2.25. The van der Waals surface area contributed by atoms with Gasteiger partial charge in [-0.2, -0.15) is 0 Å². The molecule has 1 rings (SSSR count). The van der Waals surface area contributed by atoms with Gasteiger partial charge in [0.25, 0.3) is 0 Å². The van der Waals surface area contributed by atoms with Crippen LogP contribution in [0.4, 0.5) is 0 Å². The van der Waals surface area contributed by atoms with Gasteiger partial charge >= 0.3 is 7.12 Å². The Kier molecular flexibility index (Phi) is 4.32. The second-order valence-corrected chi connectivity index (χ2v) is 6.98. The van der Waals surface area contributed by atoms with Gasteiger partial charge in [-0.15, -0.1) is 4.89 Å². The Hall–Kier alpha value is -0.885. The largest absolute Gasteiger partial charge is 0.509 e. The SMILES string of the molecule is CC(C)(C)S(=O)(=O)NOB(O)c1ccccc1. The van der Waals surface area contributed by atoms with Gasteiger partial charge in [-0.25, -0.2) is 8.42 Å². The number of hydrogen-bond acceptors (Lipinski definition) is 4. The summed E-state index contributed by atoms with van der Waals surface area (Å²) in [4.78, 5) is 1.92. The van der Waals surface area contributed by atoms with Crippen molar-refractivity contribution < 1.29 is 18.2 Å². The van der Waals surface area contributed by atoms with E-state index in [2.05, 4.69) is 0 Å². The minimum atomic E-state index is -3.63. The van der Waals surface area contributed by atoms with Gasteiger partial charge in [-0.3, -0.25) is 0 Å². The van der Waals surface area contributed by atoms with Crippen LogP contribution in [0.2, 0.25) is 0 Å². The summed E-state index contributed by atoms with van der Waals surface area (Å²) in [6.07, 6.45) is 0. The molecule has 0 bridgehead atoms. The molecule has 0 heterocycles. The average molecular weight is 257 g/mol. The van der Waals surface area contributed by atoms with Gasteiger partial charge in [0.05, 0.1) is 4.75 Å². The van der Waals surface area contributed by atoms with Gasteiger partial charge in [0.2, 0.25) is 10.0 Å². The number of nitrogens with one attached hydrogen (secondary N) is 1. The predicted octanol–water partition coefficient (Wildman–Crippen LogP) is 0.0236. The quantitative estimate of drug-likeness (QED) is 0.589. The van der Waals surface area contributed by atoms with Crippen molar-refractivity contribution in [3.63, 3.8) is 0 Å². The fourth-order valence-corrected chi connectivity index (χ4v) is 1.39. The van der Waals surface area contributed by atoms with Crippen molar-refractivity contribution in [2.75, 3.05) is 0 Å². The van der Waals surface area contributed by atoms with Crippen LogP contribution >= 0.6 is 0 Å². The third kappa shape index (κ3) is 3.81. The first kappa shape index (κ1) is 14.2. The molecule has 0 fully saturated rings. The molecular weight excluding hydrogens is 241 g/mol. The summed E-state index contributed by atoms with van der Waals surface area (Å²) in [5.74, 6) is 0. The van der Waals surface area contributed by atoms with E-state index < -0.39 is 21.9 Å². The van der Waals surface area contributed by atoms with Crippen LogP contribution < -0.4 is 10.3 Å².